The lowest BCUT2D eigenvalue weighted by Crippen LogP contribution is -2.41. The van der Waals surface area contributed by atoms with Crippen molar-refractivity contribution in [2.45, 2.75) is 25.6 Å². The van der Waals surface area contributed by atoms with E-state index in [0.29, 0.717) is 12.1 Å². The SMILES string of the molecule is CNC(C)c1ccn(CC2CN(C)CCO2)c1. The van der Waals surface area contributed by atoms with Crippen LogP contribution >= 0.6 is 0 Å². The molecule has 0 aliphatic carbocycles. The van der Waals surface area contributed by atoms with Gasteiger partial charge >= 0.3 is 0 Å². The van der Waals surface area contributed by atoms with Gasteiger partial charge < -0.3 is 19.5 Å². The Bertz CT molecular complexity index is 350. The highest BCUT2D eigenvalue weighted by atomic mass is 16.5. The number of rotatable bonds is 4. The van der Waals surface area contributed by atoms with Crippen molar-refractivity contribution in [3.8, 4) is 0 Å². The van der Waals surface area contributed by atoms with Crippen molar-refractivity contribution in [2.75, 3.05) is 33.8 Å². The van der Waals surface area contributed by atoms with Gasteiger partial charge in [0.15, 0.2) is 0 Å². The Morgan fingerprint density at radius 3 is 3.12 bits per heavy atom. The molecule has 2 atom stereocenters. The normalized spacial score (nSPS) is 23.8. The van der Waals surface area contributed by atoms with Crippen LogP contribution in [0.25, 0.3) is 0 Å². The molecule has 96 valence electrons. The molecule has 2 rings (SSSR count). The maximum Gasteiger partial charge on any atom is 0.0880 e. The molecule has 2 heterocycles. The molecule has 4 nitrogen and oxygen atoms in total. The lowest BCUT2D eigenvalue weighted by molar-refractivity contribution is -0.0274. The molecule has 1 aromatic heterocycles. The number of nitrogens with one attached hydrogen (secondary N) is 1. The van der Waals surface area contributed by atoms with Crippen molar-refractivity contribution in [1.82, 2.24) is 14.8 Å². The van der Waals surface area contributed by atoms with Crippen LogP contribution in [0.2, 0.25) is 0 Å². The van der Waals surface area contributed by atoms with Crippen LogP contribution in [0, 0.1) is 0 Å². The molecule has 0 radical (unpaired) electrons. The van der Waals surface area contributed by atoms with Crippen LogP contribution in [0.5, 0.6) is 0 Å². The molecule has 1 N–H and O–H groups in total. The van der Waals surface area contributed by atoms with Gasteiger partial charge in [-0.2, -0.15) is 0 Å². The van der Waals surface area contributed by atoms with Gasteiger partial charge in [0, 0.05) is 38.1 Å². The van der Waals surface area contributed by atoms with Crippen molar-refractivity contribution in [2.24, 2.45) is 0 Å². The van der Waals surface area contributed by atoms with Crippen molar-refractivity contribution in [3.63, 3.8) is 0 Å². The summed E-state index contributed by atoms with van der Waals surface area (Å²) in [5.74, 6) is 0. The average molecular weight is 237 g/mol. The molecule has 0 spiro atoms. The van der Waals surface area contributed by atoms with E-state index in [9.17, 15) is 0 Å². The highest BCUT2D eigenvalue weighted by molar-refractivity contribution is 5.14. The van der Waals surface area contributed by atoms with Crippen molar-refractivity contribution < 1.29 is 4.74 Å². The molecular formula is C13H23N3O. The van der Waals surface area contributed by atoms with Gasteiger partial charge in [-0.25, -0.2) is 0 Å². The summed E-state index contributed by atoms with van der Waals surface area (Å²) in [7, 11) is 4.14. The Kier molecular flexibility index (Phi) is 4.20. The van der Waals surface area contributed by atoms with Gasteiger partial charge in [0.25, 0.3) is 0 Å². The van der Waals surface area contributed by atoms with Crippen molar-refractivity contribution in [3.05, 3.63) is 24.0 Å². The van der Waals surface area contributed by atoms with Crippen LogP contribution in [-0.4, -0.2) is 49.4 Å². The third-order valence-electron chi connectivity index (χ3n) is 3.46. The van der Waals surface area contributed by atoms with Gasteiger partial charge in [0.05, 0.1) is 12.7 Å². The minimum absolute atomic E-state index is 0.318. The largest absolute Gasteiger partial charge is 0.374 e. The van der Waals surface area contributed by atoms with Crippen LogP contribution in [0.15, 0.2) is 18.5 Å². The lowest BCUT2D eigenvalue weighted by atomic mass is 10.2. The fourth-order valence-electron chi connectivity index (χ4n) is 2.21. The van der Waals surface area contributed by atoms with E-state index < -0.39 is 0 Å². The number of likely N-dealkylation sites (N-methyl/N-ethyl adjacent to an activating group) is 1. The zero-order valence-corrected chi connectivity index (χ0v) is 11.0. The molecule has 1 fully saturated rings. The first-order valence-electron chi connectivity index (χ1n) is 6.32. The maximum atomic E-state index is 5.77. The zero-order valence-electron chi connectivity index (χ0n) is 11.0. The molecular weight excluding hydrogens is 214 g/mol. The summed E-state index contributed by atoms with van der Waals surface area (Å²) >= 11 is 0. The van der Waals surface area contributed by atoms with Crippen LogP contribution < -0.4 is 5.32 Å². The number of nitrogens with zero attached hydrogens (tertiary/aromatic N) is 2. The van der Waals surface area contributed by atoms with E-state index in [1.54, 1.807) is 0 Å². The Morgan fingerprint density at radius 2 is 2.41 bits per heavy atom. The quantitative estimate of drug-likeness (QED) is 0.850. The molecule has 0 amide bonds. The van der Waals surface area contributed by atoms with E-state index in [1.165, 1.54) is 5.56 Å². The fourth-order valence-corrected chi connectivity index (χ4v) is 2.21. The van der Waals surface area contributed by atoms with E-state index in [-0.39, 0.29) is 0 Å². The lowest BCUT2D eigenvalue weighted by Gasteiger charge is -2.30. The van der Waals surface area contributed by atoms with Gasteiger partial charge in [-0.05, 0) is 32.6 Å². The highest BCUT2D eigenvalue weighted by Crippen LogP contribution is 2.13. The standard InChI is InChI=1S/C13H23N3O/c1-11(14-2)12-4-5-16(8-12)10-13-9-15(3)6-7-17-13/h4-5,8,11,13-14H,6-7,9-10H2,1-3H3. The summed E-state index contributed by atoms with van der Waals surface area (Å²) in [5.41, 5.74) is 1.33. The minimum Gasteiger partial charge on any atom is -0.374 e. The van der Waals surface area contributed by atoms with E-state index in [2.05, 4.69) is 47.2 Å². The average Bonchev–Trinajstić information content (AvgIpc) is 2.76. The van der Waals surface area contributed by atoms with Gasteiger partial charge in [0.2, 0.25) is 0 Å². The molecule has 0 aromatic carbocycles. The number of hydrogen-bond donors (Lipinski definition) is 1. The Hall–Kier alpha value is -0.840. The molecule has 2 unspecified atom stereocenters. The third-order valence-corrected chi connectivity index (χ3v) is 3.46. The first-order chi connectivity index (χ1) is 8.19. The Morgan fingerprint density at radius 1 is 1.59 bits per heavy atom. The van der Waals surface area contributed by atoms with Crippen LogP contribution in [0.1, 0.15) is 18.5 Å². The van der Waals surface area contributed by atoms with Crippen LogP contribution in [-0.2, 0) is 11.3 Å². The maximum absolute atomic E-state index is 5.77. The van der Waals surface area contributed by atoms with E-state index >= 15 is 0 Å². The second-order valence-electron chi connectivity index (χ2n) is 4.91. The molecule has 0 bridgehead atoms. The Labute approximate surface area is 104 Å². The van der Waals surface area contributed by atoms with Crippen LogP contribution in [0.4, 0.5) is 0 Å². The fraction of sp³-hybridized carbons (Fsp3) is 0.692. The molecule has 17 heavy (non-hydrogen) atoms. The summed E-state index contributed by atoms with van der Waals surface area (Å²) in [5, 5.41) is 3.25. The van der Waals surface area contributed by atoms with Gasteiger partial charge in [0.1, 0.15) is 0 Å². The smallest absolute Gasteiger partial charge is 0.0880 e. The van der Waals surface area contributed by atoms with E-state index in [4.69, 9.17) is 4.74 Å². The molecule has 1 aliphatic rings. The van der Waals surface area contributed by atoms with Crippen LogP contribution in [0.3, 0.4) is 0 Å². The predicted molar refractivity (Wildman–Crippen MR) is 69.1 cm³/mol. The predicted octanol–water partition coefficient (Wildman–Crippen LogP) is 1.10. The Balaban J connectivity index is 1.92. The van der Waals surface area contributed by atoms with Gasteiger partial charge in [-0.1, -0.05) is 0 Å². The van der Waals surface area contributed by atoms with Gasteiger partial charge in [-0.15, -0.1) is 0 Å². The molecule has 1 aromatic rings. The first-order valence-corrected chi connectivity index (χ1v) is 6.32. The molecule has 4 heteroatoms. The van der Waals surface area contributed by atoms with E-state index in [0.717, 1.165) is 26.2 Å². The topological polar surface area (TPSA) is 29.4 Å². The van der Waals surface area contributed by atoms with E-state index in [1.807, 2.05) is 7.05 Å². The monoisotopic (exact) mass is 237 g/mol. The molecule has 1 aliphatic heterocycles. The minimum atomic E-state index is 0.318. The number of aromatic nitrogens is 1. The zero-order chi connectivity index (χ0) is 12.3. The number of ether oxygens (including phenoxy) is 1. The van der Waals surface area contributed by atoms with Crippen molar-refractivity contribution >= 4 is 0 Å². The van der Waals surface area contributed by atoms with Gasteiger partial charge in [-0.3, -0.25) is 0 Å². The second kappa shape index (κ2) is 5.67. The molecule has 0 saturated carbocycles. The number of morpholine rings is 1. The summed E-state index contributed by atoms with van der Waals surface area (Å²) < 4.78 is 8.00. The second-order valence-corrected chi connectivity index (χ2v) is 4.91. The highest BCUT2D eigenvalue weighted by Gasteiger charge is 2.18. The third kappa shape index (κ3) is 3.31. The molecule has 1 saturated heterocycles. The summed E-state index contributed by atoms with van der Waals surface area (Å²) in [6.45, 7) is 6.03. The number of hydrogen-bond acceptors (Lipinski definition) is 3. The summed E-state index contributed by atoms with van der Waals surface area (Å²) in [4.78, 5) is 2.33. The summed E-state index contributed by atoms with van der Waals surface area (Å²) in [6.07, 6.45) is 4.67. The first kappa shape index (κ1) is 12.6. The summed E-state index contributed by atoms with van der Waals surface area (Å²) in [6, 6.07) is 2.58. The van der Waals surface area contributed by atoms with Crippen molar-refractivity contribution in [1.29, 1.82) is 0 Å².